The summed E-state index contributed by atoms with van der Waals surface area (Å²) >= 11 is 0. The molecule has 0 saturated heterocycles. The number of ether oxygens (including phenoxy) is 2. The van der Waals surface area contributed by atoms with Crippen LogP contribution in [0.2, 0.25) is 0 Å². The van der Waals surface area contributed by atoms with E-state index in [4.69, 9.17) is 0 Å². The molecule has 1 aromatic rings. The van der Waals surface area contributed by atoms with Gasteiger partial charge >= 0.3 is 18.0 Å². The third-order valence-corrected chi connectivity index (χ3v) is 4.87. The van der Waals surface area contributed by atoms with Gasteiger partial charge in [0.25, 0.3) is 0 Å². The molecule has 164 valence electrons. The van der Waals surface area contributed by atoms with Gasteiger partial charge in [-0.15, -0.1) is 0 Å². The fourth-order valence-electron chi connectivity index (χ4n) is 3.33. The van der Waals surface area contributed by atoms with Crippen LogP contribution >= 0.6 is 0 Å². The van der Waals surface area contributed by atoms with E-state index in [9.17, 15) is 19.2 Å². The van der Waals surface area contributed by atoms with Gasteiger partial charge in [0.2, 0.25) is 5.91 Å². The number of amides is 3. The van der Waals surface area contributed by atoms with Gasteiger partial charge in [0.05, 0.1) is 25.3 Å². The molecule has 9 heteroatoms. The summed E-state index contributed by atoms with van der Waals surface area (Å²) in [5.41, 5.74) is 0.528. The van der Waals surface area contributed by atoms with Crippen molar-refractivity contribution >= 4 is 29.6 Å². The van der Waals surface area contributed by atoms with Gasteiger partial charge in [0.1, 0.15) is 0 Å². The van der Waals surface area contributed by atoms with Crippen LogP contribution in [0.4, 0.5) is 10.5 Å². The van der Waals surface area contributed by atoms with Crippen LogP contribution in [0.15, 0.2) is 18.2 Å². The lowest BCUT2D eigenvalue weighted by molar-refractivity contribution is -0.116. The first-order valence-corrected chi connectivity index (χ1v) is 10.1. The molecule has 0 spiro atoms. The zero-order valence-electron chi connectivity index (χ0n) is 17.4. The Bertz CT molecular complexity index is 740. The predicted octanol–water partition coefficient (Wildman–Crippen LogP) is 2.61. The van der Waals surface area contributed by atoms with Crippen LogP contribution in [0.25, 0.3) is 0 Å². The lowest BCUT2D eigenvalue weighted by Crippen LogP contribution is -2.43. The number of hydrogen-bond acceptors (Lipinski definition) is 6. The molecule has 3 amide bonds. The number of carbonyl (C=O) groups is 4. The van der Waals surface area contributed by atoms with Crippen LogP contribution in [-0.4, -0.2) is 50.7 Å². The maximum absolute atomic E-state index is 12.2. The fraction of sp³-hybridized carbons (Fsp3) is 0.524. The maximum atomic E-state index is 12.2. The van der Waals surface area contributed by atoms with Crippen LogP contribution in [0.5, 0.6) is 0 Å². The summed E-state index contributed by atoms with van der Waals surface area (Å²) in [4.78, 5) is 47.7. The molecule has 1 aliphatic rings. The maximum Gasteiger partial charge on any atom is 0.337 e. The summed E-state index contributed by atoms with van der Waals surface area (Å²) in [6, 6.07) is 4.20. The highest BCUT2D eigenvalue weighted by Crippen LogP contribution is 2.18. The quantitative estimate of drug-likeness (QED) is 0.440. The van der Waals surface area contributed by atoms with Crippen molar-refractivity contribution in [1.29, 1.82) is 0 Å². The van der Waals surface area contributed by atoms with Crippen molar-refractivity contribution in [3.05, 3.63) is 29.3 Å². The van der Waals surface area contributed by atoms with E-state index in [1.54, 1.807) is 0 Å². The number of rotatable bonds is 8. The van der Waals surface area contributed by atoms with Gasteiger partial charge in [-0.3, -0.25) is 4.79 Å². The van der Waals surface area contributed by atoms with Crippen molar-refractivity contribution < 1.29 is 28.7 Å². The van der Waals surface area contributed by atoms with Crippen LogP contribution in [0.3, 0.4) is 0 Å². The molecular formula is C21H29N3O6. The van der Waals surface area contributed by atoms with Gasteiger partial charge in [-0.25, -0.2) is 14.4 Å². The zero-order valence-corrected chi connectivity index (χ0v) is 17.4. The van der Waals surface area contributed by atoms with Gasteiger partial charge in [-0.1, -0.05) is 19.3 Å². The smallest absolute Gasteiger partial charge is 0.337 e. The Hall–Kier alpha value is -3.10. The number of hydrogen-bond donors (Lipinski definition) is 3. The minimum Gasteiger partial charge on any atom is -0.465 e. The van der Waals surface area contributed by atoms with E-state index in [-0.39, 0.29) is 41.2 Å². The van der Waals surface area contributed by atoms with E-state index in [1.165, 1.54) is 38.8 Å². The Kier molecular flexibility index (Phi) is 9.11. The van der Waals surface area contributed by atoms with E-state index in [0.29, 0.717) is 13.0 Å². The SMILES string of the molecule is COC(=O)c1cc(NC(=O)CCCNC(=O)NC2CCCCC2)cc(C(=O)OC)c1. The van der Waals surface area contributed by atoms with E-state index in [2.05, 4.69) is 25.4 Å². The summed E-state index contributed by atoms with van der Waals surface area (Å²) < 4.78 is 9.34. The molecule has 0 heterocycles. The Labute approximate surface area is 175 Å². The topological polar surface area (TPSA) is 123 Å². The minimum absolute atomic E-state index is 0.122. The summed E-state index contributed by atoms with van der Waals surface area (Å²) in [7, 11) is 2.45. The molecule has 1 aliphatic carbocycles. The van der Waals surface area contributed by atoms with E-state index < -0.39 is 11.9 Å². The summed E-state index contributed by atoms with van der Waals surface area (Å²) in [6.07, 6.45) is 6.13. The van der Waals surface area contributed by atoms with Crippen molar-refractivity contribution in [3.63, 3.8) is 0 Å². The van der Waals surface area contributed by atoms with Crippen LogP contribution in [0, 0.1) is 0 Å². The summed E-state index contributed by atoms with van der Waals surface area (Å²) in [5, 5.41) is 8.37. The highest BCUT2D eigenvalue weighted by Gasteiger charge is 2.16. The van der Waals surface area contributed by atoms with Crippen molar-refractivity contribution in [2.75, 3.05) is 26.1 Å². The molecule has 1 fully saturated rings. The summed E-state index contributed by atoms with van der Waals surface area (Å²) in [5.74, 6) is -1.57. The first kappa shape index (κ1) is 23.2. The normalized spacial score (nSPS) is 13.8. The molecular weight excluding hydrogens is 390 g/mol. The van der Waals surface area contributed by atoms with Crippen LogP contribution in [-0.2, 0) is 14.3 Å². The van der Waals surface area contributed by atoms with Gasteiger partial charge in [-0.05, 0) is 37.5 Å². The molecule has 0 aliphatic heterocycles. The lowest BCUT2D eigenvalue weighted by Gasteiger charge is -2.22. The summed E-state index contributed by atoms with van der Waals surface area (Å²) in [6.45, 7) is 0.363. The minimum atomic E-state index is -0.635. The van der Waals surface area contributed by atoms with Gasteiger partial charge < -0.3 is 25.4 Å². The molecule has 3 N–H and O–H groups in total. The van der Waals surface area contributed by atoms with E-state index >= 15 is 0 Å². The molecule has 0 radical (unpaired) electrons. The number of benzene rings is 1. The molecule has 1 saturated carbocycles. The molecule has 0 unspecified atom stereocenters. The molecule has 2 rings (SSSR count). The molecule has 9 nitrogen and oxygen atoms in total. The monoisotopic (exact) mass is 419 g/mol. The number of urea groups is 1. The highest BCUT2D eigenvalue weighted by molar-refractivity contribution is 5.99. The van der Waals surface area contributed by atoms with Crippen LogP contribution < -0.4 is 16.0 Å². The second-order valence-corrected chi connectivity index (χ2v) is 7.17. The van der Waals surface area contributed by atoms with Crippen molar-refractivity contribution in [1.82, 2.24) is 10.6 Å². The van der Waals surface area contributed by atoms with Crippen molar-refractivity contribution in [2.45, 2.75) is 51.0 Å². The van der Waals surface area contributed by atoms with Gasteiger partial charge in [0.15, 0.2) is 0 Å². The second-order valence-electron chi connectivity index (χ2n) is 7.17. The lowest BCUT2D eigenvalue weighted by atomic mass is 9.96. The Morgan fingerprint density at radius 1 is 0.933 bits per heavy atom. The molecule has 0 bridgehead atoms. The average Bonchev–Trinajstić information content (AvgIpc) is 2.76. The number of carbonyl (C=O) groups excluding carboxylic acids is 4. The highest BCUT2D eigenvalue weighted by atomic mass is 16.5. The first-order chi connectivity index (χ1) is 14.4. The number of methoxy groups -OCH3 is 2. The zero-order chi connectivity index (χ0) is 21.9. The number of esters is 2. The molecule has 0 atom stereocenters. The van der Waals surface area contributed by atoms with Crippen molar-refractivity contribution in [2.24, 2.45) is 0 Å². The Morgan fingerprint density at radius 3 is 2.10 bits per heavy atom. The Morgan fingerprint density at radius 2 is 1.53 bits per heavy atom. The largest absolute Gasteiger partial charge is 0.465 e. The average molecular weight is 419 g/mol. The van der Waals surface area contributed by atoms with Crippen molar-refractivity contribution in [3.8, 4) is 0 Å². The van der Waals surface area contributed by atoms with Crippen LogP contribution in [0.1, 0.15) is 65.7 Å². The van der Waals surface area contributed by atoms with Gasteiger partial charge in [-0.2, -0.15) is 0 Å². The third-order valence-electron chi connectivity index (χ3n) is 4.87. The second kappa shape index (κ2) is 11.8. The molecule has 1 aromatic carbocycles. The standard InChI is InChI=1S/C21H29N3O6/c1-29-19(26)14-11-15(20(27)30-2)13-17(12-14)23-18(25)9-6-10-22-21(28)24-16-7-4-3-5-8-16/h11-13,16H,3-10H2,1-2H3,(H,23,25)(H2,22,24,28). The Balaban J connectivity index is 1.81. The first-order valence-electron chi connectivity index (χ1n) is 10.1. The fourth-order valence-corrected chi connectivity index (χ4v) is 3.33. The number of anilines is 1. The molecule has 30 heavy (non-hydrogen) atoms. The van der Waals surface area contributed by atoms with Gasteiger partial charge in [0, 0.05) is 24.7 Å². The number of nitrogens with one attached hydrogen (secondary N) is 3. The van der Waals surface area contributed by atoms with E-state index in [1.807, 2.05) is 0 Å². The van der Waals surface area contributed by atoms with E-state index in [0.717, 1.165) is 25.7 Å². The molecule has 0 aromatic heterocycles. The predicted molar refractivity (Wildman–Crippen MR) is 110 cm³/mol. The third kappa shape index (κ3) is 7.38.